The Bertz CT molecular complexity index is 1020. The van der Waals surface area contributed by atoms with Gasteiger partial charge in [0.25, 0.3) is 5.91 Å². The predicted octanol–water partition coefficient (Wildman–Crippen LogP) is 3.57. The molecule has 1 aromatic carbocycles. The number of likely N-dealkylation sites (N-methyl/N-ethyl adjacent to an activating group) is 1. The zero-order valence-corrected chi connectivity index (χ0v) is 20.9. The van der Waals surface area contributed by atoms with Crippen molar-refractivity contribution in [2.24, 2.45) is 0 Å². The van der Waals surface area contributed by atoms with Crippen LogP contribution in [0.1, 0.15) is 61.2 Å². The van der Waals surface area contributed by atoms with Gasteiger partial charge in [0.2, 0.25) is 15.9 Å². The predicted molar refractivity (Wildman–Crippen MR) is 131 cm³/mol. The van der Waals surface area contributed by atoms with E-state index in [1.165, 1.54) is 24.3 Å². The zero-order valence-electron chi connectivity index (χ0n) is 19.3. The van der Waals surface area contributed by atoms with Gasteiger partial charge in [0.05, 0.1) is 4.90 Å². The smallest absolute Gasteiger partial charge is 0.252 e. The molecule has 1 saturated carbocycles. The summed E-state index contributed by atoms with van der Waals surface area (Å²) in [4.78, 5) is 29.3. The summed E-state index contributed by atoms with van der Waals surface area (Å²) in [5.41, 5.74) is -0.556. The molecule has 3 rings (SSSR count). The normalized spacial score (nSPS) is 15.7. The molecule has 2 N–H and O–H groups in total. The van der Waals surface area contributed by atoms with Gasteiger partial charge >= 0.3 is 0 Å². The van der Waals surface area contributed by atoms with Crippen molar-refractivity contribution >= 4 is 33.2 Å². The zero-order chi connectivity index (χ0) is 23.9. The van der Waals surface area contributed by atoms with Gasteiger partial charge in [0, 0.05) is 30.1 Å². The number of amides is 2. The molecule has 1 aromatic heterocycles. The van der Waals surface area contributed by atoms with E-state index >= 15 is 0 Å². The number of hydrogen-bond acceptors (Lipinski definition) is 5. The molecule has 1 fully saturated rings. The van der Waals surface area contributed by atoms with Crippen molar-refractivity contribution in [2.45, 2.75) is 62.8 Å². The molecule has 0 bridgehead atoms. The van der Waals surface area contributed by atoms with Crippen LogP contribution in [0.15, 0.2) is 46.7 Å². The van der Waals surface area contributed by atoms with Crippen LogP contribution in [0.5, 0.6) is 0 Å². The van der Waals surface area contributed by atoms with Crippen LogP contribution in [0.4, 0.5) is 0 Å². The molecule has 2 aromatic rings. The molecule has 0 saturated heterocycles. The molecule has 7 nitrogen and oxygen atoms in total. The Morgan fingerprint density at radius 1 is 1.03 bits per heavy atom. The fourth-order valence-electron chi connectivity index (χ4n) is 4.28. The average molecular weight is 492 g/mol. The van der Waals surface area contributed by atoms with E-state index in [9.17, 15) is 18.0 Å². The van der Waals surface area contributed by atoms with Gasteiger partial charge in [-0.15, -0.1) is 11.3 Å². The Kier molecular flexibility index (Phi) is 8.67. The van der Waals surface area contributed by atoms with E-state index in [2.05, 4.69) is 10.0 Å². The molecule has 180 valence electrons. The topological polar surface area (TPSA) is 95.6 Å². The van der Waals surface area contributed by atoms with Crippen molar-refractivity contribution in [3.63, 3.8) is 0 Å². The summed E-state index contributed by atoms with van der Waals surface area (Å²) in [6, 6.07) is 9.77. The lowest BCUT2D eigenvalue weighted by molar-refractivity contribution is -0.139. The highest BCUT2D eigenvalue weighted by atomic mass is 32.2. The van der Waals surface area contributed by atoms with Crippen LogP contribution in [0.2, 0.25) is 0 Å². The summed E-state index contributed by atoms with van der Waals surface area (Å²) >= 11 is 1.59. The molecule has 0 aliphatic heterocycles. The quantitative estimate of drug-likeness (QED) is 0.531. The van der Waals surface area contributed by atoms with Gasteiger partial charge in [-0.25, -0.2) is 13.1 Å². The molecular formula is C24H33N3O4S2. The molecule has 0 radical (unpaired) electrons. The fraction of sp³-hybridized carbons (Fsp3) is 0.500. The van der Waals surface area contributed by atoms with Gasteiger partial charge in [0.1, 0.15) is 5.54 Å². The maximum absolute atomic E-state index is 13.2. The number of benzene rings is 1. The van der Waals surface area contributed by atoms with Gasteiger partial charge in [-0.2, -0.15) is 0 Å². The number of hydrogen-bond donors (Lipinski definition) is 2. The highest BCUT2D eigenvalue weighted by Crippen LogP contribution is 2.30. The lowest BCUT2D eigenvalue weighted by Gasteiger charge is -2.40. The van der Waals surface area contributed by atoms with E-state index in [1.54, 1.807) is 16.2 Å². The van der Waals surface area contributed by atoms with Gasteiger partial charge in [-0.05, 0) is 68.8 Å². The summed E-state index contributed by atoms with van der Waals surface area (Å²) in [5, 5.41) is 4.97. The first-order valence-electron chi connectivity index (χ1n) is 11.6. The fourth-order valence-corrected chi connectivity index (χ4v) is 6.02. The third-order valence-electron chi connectivity index (χ3n) is 6.19. The molecule has 0 unspecified atom stereocenters. The largest absolute Gasteiger partial charge is 0.341 e. The molecule has 2 amide bonds. The minimum absolute atomic E-state index is 0.0327. The molecule has 0 atom stereocenters. The van der Waals surface area contributed by atoms with Crippen LogP contribution in [-0.2, 0) is 21.2 Å². The molecule has 9 heteroatoms. The molecular weight excluding hydrogens is 458 g/mol. The summed E-state index contributed by atoms with van der Waals surface area (Å²) in [5.74, 6) is -0.387. The van der Waals surface area contributed by atoms with E-state index in [0.717, 1.165) is 24.1 Å². The van der Waals surface area contributed by atoms with Crippen molar-refractivity contribution in [1.82, 2.24) is 14.9 Å². The third-order valence-corrected chi connectivity index (χ3v) is 8.60. The van der Waals surface area contributed by atoms with E-state index in [0.29, 0.717) is 44.5 Å². The molecule has 33 heavy (non-hydrogen) atoms. The van der Waals surface area contributed by atoms with Gasteiger partial charge < -0.3 is 10.2 Å². The number of nitrogens with one attached hydrogen (secondary N) is 2. The first kappa shape index (κ1) is 25.4. The highest BCUT2D eigenvalue weighted by Gasteiger charge is 2.42. The summed E-state index contributed by atoms with van der Waals surface area (Å²) in [6.45, 7) is 5.37. The molecule has 1 aliphatic carbocycles. The molecule has 0 spiro atoms. The lowest BCUT2D eigenvalue weighted by Crippen LogP contribution is -2.60. The van der Waals surface area contributed by atoms with Crippen LogP contribution < -0.4 is 10.0 Å². The van der Waals surface area contributed by atoms with Crippen molar-refractivity contribution in [1.29, 1.82) is 0 Å². The Morgan fingerprint density at radius 3 is 2.27 bits per heavy atom. The SMILES string of the molecule is CCN(CC)C(=O)C1(NC(=O)c2ccc(S(=O)(=O)NCCc3cccs3)cc2)CCCCC1. The van der Waals surface area contributed by atoms with Crippen LogP contribution >= 0.6 is 11.3 Å². The Labute approximate surface area is 200 Å². The third kappa shape index (κ3) is 6.22. The monoisotopic (exact) mass is 491 g/mol. The number of nitrogens with zero attached hydrogens (tertiary/aromatic N) is 1. The lowest BCUT2D eigenvalue weighted by atomic mass is 9.80. The Balaban J connectivity index is 1.68. The molecule has 1 aliphatic rings. The van der Waals surface area contributed by atoms with E-state index < -0.39 is 15.6 Å². The van der Waals surface area contributed by atoms with Crippen LogP contribution in [0.25, 0.3) is 0 Å². The first-order valence-corrected chi connectivity index (χ1v) is 13.9. The number of thiophene rings is 1. The number of rotatable bonds is 10. The maximum Gasteiger partial charge on any atom is 0.252 e. The second kappa shape index (κ2) is 11.3. The minimum atomic E-state index is -3.66. The van der Waals surface area contributed by atoms with E-state index in [1.807, 2.05) is 31.4 Å². The van der Waals surface area contributed by atoms with E-state index in [4.69, 9.17) is 0 Å². The number of carbonyl (C=O) groups is 2. The summed E-state index contributed by atoms with van der Waals surface area (Å²) in [6.07, 6.45) is 4.70. The van der Waals surface area contributed by atoms with Crippen molar-refractivity contribution in [2.75, 3.05) is 19.6 Å². The number of carbonyl (C=O) groups excluding carboxylic acids is 2. The van der Waals surface area contributed by atoms with Crippen molar-refractivity contribution < 1.29 is 18.0 Å². The Hall–Kier alpha value is -2.23. The van der Waals surface area contributed by atoms with Crippen molar-refractivity contribution in [3.05, 3.63) is 52.2 Å². The Morgan fingerprint density at radius 2 is 1.70 bits per heavy atom. The summed E-state index contributed by atoms with van der Waals surface area (Å²) in [7, 11) is -3.66. The van der Waals surface area contributed by atoms with E-state index in [-0.39, 0.29) is 16.7 Å². The van der Waals surface area contributed by atoms with Gasteiger partial charge in [0.15, 0.2) is 0 Å². The summed E-state index contributed by atoms with van der Waals surface area (Å²) < 4.78 is 27.8. The van der Waals surface area contributed by atoms with Crippen LogP contribution in [0.3, 0.4) is 0 Å². The number of sulfonamides is 1. The maximum atomic E-state index is 13.2. The average Bonchev–Trinajstić information content (AvgIpc) is 3.34. The van der Waals surface area contributed by atoms with Crippen LogP contribution in [0, 0.1) is 0 Å². The standard InChI is InChI=1S/C24H33N3O4S2/c1-3-27(4-2)23(29)24(15-6-5-7-16-24)26-22(28)19-10-12-21(13-11-19)33(30,31)25-17-14-20-9-8-18-32-20/h8-13,18,25H,3-7,14-17H2,1-2H3,(H,26,28). The van der Waals surface area contributed by atoms with Crippen molar-refractivity contribution in [3.8, 4) is 0 Å². The van der Waals surface area contributed by atoms with Crippen LogP contribution in [-0.4, -0.2) is 50.3 Å². The second-order valence-electron chi connectivity index (χ2n) is 8.33. The van der Waals surface area contributed by atoms with Gasteiger partial charge in [-0.3, -0.25) is 9.59 Å². The first-order chi connectivity index (χ1) is 15.8. The minimum Gasteiger partial charge on any atom is -0.341 e. The highest BCUT2D eigenvalue weighted by molar-refractivity contribution is 7.89. The second-order valence-corrected chi connectivity index (χ2v) is 11.1. The molecule has 1 heterocycles. The van der Waals surface area contributed by atoms with Gasteiger partial charge in [-0.1, -0.05) is 25.3 Å².